The van der Waals surface area contributed by atoms with Crippen LogP contribution in [-0.4, -0.2) is 9.97 Å². The van der Waals surface area contributed by atoms with Gasteiger partial charge in [0.15, 0.2) is 0 Å². The van der Waals surface area contributed by atoms with Gasteiger partial charge in [0, 0.05) is 21.7 Å². The van der Waals surface area contributed by atoms with Gasteiger partial charge in [0.2, 0.25) is 0 Å². The Balaban J connectivity index is 2.03. The van der Waals surface area contributed by atoms with Gasteiger partial charge in [-0.25, -0.2) is 9.97 Å². The third-order valence-corrected chi connectivity index (χ3v) is 6.59. The summed E-state index contributed by atoms with van der Waals surface area (Å²) >= 11 is 1.89. The van der Waals surface area contributed by atoms with Crippen molar-refractivity contribution < 1.29 is 0 Å². The van der Waals surface area contributed by atoms with Gasteiger partial charge in [-0.3, -0.25) is 0 Å². The Kier molecular flexibility index (Phi) is 4.88. The number of fused-ring (bicyclic) bond motifs is 1. The highest BCUT2D eigenvalue weighted by atomic mass is 32.2. The molecule has 25 heavy (non-hydrogen) atoms. The quantitative estimate of drug-likeness (QED) is 0.535. The summed E-state index contributed by atoms with van der Waals surface area (Å²) < 4.78 is 0. The van der Waals surface area contributed by atoms with Gasteiger partial charge in [-0.2, -0.15) is 0 Å². The molecule has 0 aliphatic rings. The van der Waals surface area contributed by atoms with Crippen LogP contribution in [0.1, 0.15) is 44.9 Å². The van der Waals surface area contributed by atoms with Crippen molar-refractivity contribution in [2.45, 2.75) is 59.1 Å². The van der Waals surface area contributed by atoms with Crippen LogP contribution in [-0.2, 0) is 5.75 Å². The number of nitrogens with zero attached hydrogens (tertiary/aromatic N) is 2. The van der Waals surface area contributed by atoms with E-state index in [1.165, 1.54) is 43.7 Å². The van der Waals surface area contributed by atoms with E-state index in [4.69, 9.17) is 0 Å². The molecule has 3 rings (SSSR count). The fraction of sp³-hybridized carbons (Fsp3) is 0.364. The van der Waals surface area contributed by atoms with Crippen LogP contribution in [0.2, 0.25) is 0 Å². The van der Waals surface area contributed by atoms with Gasteiger partial charge in [-0.05, 0) is 94.0 Å². The predicted molar refractivity (Wildman–Crippen MR) is 109 cm³/mol. The lowest BCUT2D eigenvalue weighted by Crippen LogP contribution is -2.02. The van der Waals surface area contributed by atoms with E-state index < -0.39 is 0 Å². The largest absolute Gasteiger partial charge is 0.238 e. The average molecular weight is 351 g/mol. The molecule has 0 atom stereocenters. The van der Waals surface area contributed by atoms with Crippen LogP contribution in [0.25, 0.3) is 10.9 Å². The molecular weight excluding hydrogens is 324 g/mol. The first-order valence-electron chi connectivity index (χ1n) is 8.73. The standard InChI is InChI=1S/C22H26N2S/c1-12-13(2)15(4)19(16(5)14(12)3)11-25-21-10-8-9-20-22(21)17(6)23-18(7)24-20/h8-10H,11H2,1-7H3. The molecule has 3 heteroatoms. The van der Waals surface area contributed by atoms with Crippen LogP contribution in [0.5, 0.6) is 0 Å². The third kappa shape index (κ3) is 3.18. The Labute approximate surface area is 155 Å². The van der Waals surface area contributed by atoms with Crippen LogP contribution in [0.3, 0.4) is 0 Å². The van der Waals surface area contributed by atoms with Crippen LogP contribution >= 0.6 is 11.8 Å². The zero-order valence-electron chi connectivity index (χ0n) is 16.2. The van der Waals surface area contributed by atoms with Gasteiger partial charge in [0.1, 0.15) is 5.82 Å². The van der Waals surface area contributed by atoms with E-state index in [-0.39, 0.29) is 0 Å². The van der Waals surface area contributed by atoms with Crippen molar-refractivity contribution in [2.24, 2.45) is 0 Å². The number of hydrogen-bond donors (Lipinski definition) is 0. The highest BCUT2D eigenvalue weighted by molar-refractivity contribution is 7.98. The molecule has 0 saturated heterocycles. The summed E-state index contributed by atoms with van der Waals surface area (Å²) in [4.78, 5) is 10.4. The van der Waals surface area contributed by atoms with Gasteiger partial charge >= 0.3 is 0 Å². The van der Waals surface area contributed by atoms with Gasteiger partial charge in [0.05, 0.1) is 5.52 Å². The zero-order chi connectivity index (χ0) is 18.3. The van der Waals surface area contributed by atoms with Crippen molar-refractivity contribution in [3.05, 3.63) is 63.1 Å². The average Bonchev–Trinajstić information content (AvgIpc) is 2.57. The maximum absolute atomic E-state index is 4.60. The molecule has 3 aromatic rings. The van der Waals surface area contributed by atoms with Gasteiger partial charge in [-0.15, -0.1) is 11.8 Å². The van der Waals surface area contributed by atoms with Crippen LogP contribution in [0.15, 0.2) is 23.1 Å². The number of aryl methyl sites for hydroxylation is 2. The van der Waals surface area contributed by atoms with E-state index in [0.717, 1.165) is 22.8 Å². The predicted octanol–water partition coefficient (Wildman–Crippen LogP) is 6.08. The van der Waals surface area contributed by atoms with E-state index in [0.29, 0.717) is 0 Å². The Morgan fingerprint density at radius 2 is 1.36 bits per heavy atom. The molecule has 0 radical (unpaired) electrons. The van der Waals surface area contributed by atoms with Crippen LogP contribution < -0.4 is 0 Å². The maximum Gasteiger partial charge on any atom is 0.126 e. The lowest BCUT2D eigenvalue weighted by atomic mass is 9.90. The fourth-order valence-electron chi connectivity index (χ4n) is 3.54. The minimum absolute atomic E-state index is 0.837. The summed E-state index contributed by atoms with van der Waals surface area (Å²) in [6, 6.07) is 6.37. The Morgan fingerprint density at radius 3 is 2.00 bits per heavy atom. The van der Waals surface area contributed by atoms with E-state index in [2.05, 4.69) is 69.7 Å². The maximum atomic E-state index is 4.60. The Hall–Kier alpha value is -1.87. The minimum atomic E-state index is 0.837. The lowest BCUT2D eigenvalue weighted by molar-refractivity contribution is 1.04. The van der Waals surface area contributed by atoms with Crippen molar-refractivity contribution in [1.82, 2.24) is 9.97 Å². The SMILES string of the molecule is Cc1nc(C)c2c(SCc3c(C)c(C)c(C)c(C)c3C)cccc2n1. The van der Waals surface area contributed by atoms with Crippen molar-refractivity contribution in [2.75, 3.05) is 0 Å². The molecule has 0 spiro atoms. The highest BCUT2D eigenvalue weighted by Crippen LogP contribution is 2.35. The zero-order valence-corrected chi connectivity index (χ0v) is 17.1. The molecule has 1 aromatic heterocycles. The number of aromatic nitrogens is 2. The second-order valence-electron chi connectivity index (χ2n) is 6.90. The van der Waals surface area contributed by atoms with Crippen molar-refractivity contribution in [3.8, 4) is 0 Å². The van der Waals surface area contributed by atoms with Crippen molar-refractivity contribution in [3.63, 3.8) is 0 Å². The normalized spacial score (nSPS) is 11.3. The molecule has 0 aliphatic carbocycles. The summed E-state index contributed by atoms with van der Waals surface area (Å²) in [6.45, 7) is 15.3. The number of hydrogen-bond acceptors (Lipinski definition) is 3. The molecule has 0 unspecified atom stereocenters. The smallest absolute Gasteiger partial charge is 0.126 e. The highest BCUT2D eigenvalue weighted by Gasteiger charge is 2.14. The molecule has 0 bridgehead atoms. The monoisotopic (exact) mass is 350 g/mol. The topological polar surface area (TPSA) is 25.8 Å². The number of benzene rings is 2. The fourth-order valence-corrected chi connectivity index (χ4v) is 4.84. The molecule has 0 fully saturated rings. The summed E-state index contributed by atoms with van der Waals surface area (Å²) in [5.74, 6) is 1.81. The molecule has 2 aromatic carbocycles. The van der Waals surface area contributed by atoms with Crippen molar-refractivity contribution >= 4 is 22.7 Å². The van der Waals surface area contributed by atoms with Crippen LogP contribution in [0.4, 0.5) is 0 Å². The van der Waals surface area contributed by atoms with Gasteiger partial charge in [0.25, 0.3) is 0 Å². The molecule has 0 amide bonds. The Morgan fingerprint density at radius 1 is 0.760 bits per heavy atom. The minimum Gasteiger partial charge on any atom is -0.238 e. The van der Waals surface area contributed by atoms with E-state index in [1.807, 2.05) is 18.7 Å². The van der Waals surface area contributed by atoms with Gasteiger partial charge in [-0.1, -0.05) is 6.07 Å². The first-order valence-corrected chi connectivity index (χ1v) is 9.72. The molecule has 0 N–H and O–H groups in total. The number of thioether (sulfide) groups is 1. The third-order valence-electron chi connectivity index (χ3n) is 5.51. The molecule has 2 nitrogen and oxygen atoms in total. The van der Waals surface area contributed by atoms with Crippen LogP contribution in [0, 0.1) is 48.5 Å². The molecule has 0 aliphatic heterocycles. The Bertz CT molecular complexity index is 945. The lowest BCUT2D eigenvalue weighted by Gasteiger charge is -2.19. The molecule has 1 heterocycles. The van der Waals surface area contributed by atoms with Gasteiger partial charge < -0.3 is 0 Å². The summed E-state index contributed by atoms with van der Waals surface area (Å²) in [7, 11) is 0. The summed E-state index contributed by atoms with van der Waals surface area (Å²) in [6.07, 6.45) is 0. The number of rotatable bonds is 3. The molecule has 0 saturated carbocycles. The second-order valence-corrected chi connectivity index (χ2v) is 7.92. The first kappa shape index (κ1) is 17.9. The first-order chi connectivity index (χ1) is 11.8. The summed E-state index contributed by atoms with van der Waals surface area (Å²) in [5, 5.41) is 1.19. The molecule has 130 valence electrons. The van der Waals surface area contributed by atoms with Crippen molar-refractivity contribution in [1.29, 1.82) is 0 Å². The molecular formula is C22H26N2S. The van der Waals surface area contributed by atoms with E-state index in [9.17, 15) is 0 Å². The summed E-state index contributed by atoms with van der Waals surface area (Å²) in [5.41, 5.74) is 10.7. The second kappa shape index (κ2) is 6.80. The van der Waals surface area contributed by atoms with E-state index >= 15 is 0 Å². The van der Waals surface area contributed by atoms with E-state index in [1.54, 1.807) is 0 Å².